The first kappa shape index (κ1) is 25.6. The summed E-state index contributed by atoms with van der Waals surface area (Å²) < 4.78 is 27.1. The van der Waals surface area contributed by atoms with Gasteiger partial charge in [-0.1, -0.05) is 15.9 Å². The summed E-state index contributed by atoms with van der Waals surface area (Å²) in [5.74, 6) is 1.16. The minimum absolute atomic E-state index is 0.0269. The summed E-state index contributed by atoms with van der Waals surface area (Å²) in [5.41, 5.74) is 0.465. The van der Waals surface area contributed by atoms with Crippen molar-refractivity contribution in [3.05, 3.63) is 55.5 Å². The second kappa shape index (κ2) is 13.7. The zero-order valence-electron chi connectivity index (χ0n) is 16.2. The number of hydrogen-bond acceptors (Lipinski definition) is 7. The monoisotopic (exact) mass is 552 g/mol. The lowest BCUT2D eigenvalue weighted by Gasteiger charge is -2.10. The topological polar surface area (TPSA) is 99.9 Å². The van der Waals surface area contributed by atoms with Crippen molar-refractivity contribution >= 4 is 51.5 Å². The summed E-state index contributed by atoms with van der Waals surface area (Å²) in [4.78, 5) is 10.6. The van der Waals surface area contributed by atoms with Crippen molar-refractivity contribution in [2.24, 2.45) is 0 Å². The molecule has 0 radical (unpaired) electrons. The van der Waals surface area contributed by atoms with E-state index in [0.29, 0.717) is 36.9 Å². The summed E-state index contributed by atoms with van der Waals surface area (Å²) in [6.07, 6.45) is 0. The van der Waals surface area contributed by atoms with Gasteiger partial charge in [0.15, 0.2) is 0 Å². The number of benzene rings is 2. The third-order valence-electron chi connectivity index (χ3n) is 3.18. The number of rotatable bonds is 9. The summed E-state index contributed by atoms with van der Waals surface area (Å²) in [6, 6.07) is 10.2. The fraction of sp³-hybridized carbons (Fsp3) is 0.333. The zero-order chi connectivity index (χ0) is 21.8. The van der Waals surface area contributed by atoms with E-state index in [1.165, 1.54) is 6.07 Å². The number of nitrogens with one attached hydrogen (secondary N) is 1. The van der Waals surface area contributed by atoms with Crippen LogP contribution in [0.5, 0.6) is 11.5 Å². The summed E-state index contributed by atoms with van der Waals surface area (Å²) in [6.45, 7) is 6.94. The number of hydrogen-bond donors (Lipinski definition) is 1. The third-order valence-corrected chi connectivity index (χ3v) is 5.34. The molecule has 160 valence electrons. The molecule has 11 heteroatoms. The van der Waals surface area contributed by atoms with Crippen molar-refractivity contribution in [3.8, 4) is 11.5 Å². The molecule has 0 atom stereocenters. The van der Waals surface area contributed by atoms with E-state index < -0.39 is 13.2 Å². The van der Waals surface area contributed by atoms with Crippen molar-refractivity contribution in [3.63, 3.8) is 0 Å². The molecule has 0 aromatic heterocycles. The molecule has 0 heterocycles. The number of ether oxygens (including phenoxy) is 1. The molecule has 2 aromatic carbocycles. The molecule has 0 aliphatic heterocycles. The Kier molecular flexibility index (Phi) is 12.1. The Morgan fingerprint density at radius 1 is 1.07 bits per heavy atom. The molecule has 29 heavy (non-hydrogen) atoms. The van der Waals surface area contributed by atoms with E-state index >= 15 is 0 Å². The largest absolute Gasteiger partial charge is 0.456 e. The number of anilines is 1. The van der Waals surface area contributed by atoms with Gasteiger partial charge in [0, 0.05) is 23.2 Å². The van der Waals surface area contributed by atoms with Gasteiger partial charge in [-0.25, -0.2) is 0 Å². The highest BCUT2D eigenvalue weighted by Gasteiger charge is 2.14. The van der Waals surface area contributed by atoms with Crippen molar-refractivity contribution in [2.45, 2.75) is 20.8 Å². The van der Waals surface area contributed by atoms with Gasteiger partial charge >= 0.3 is 8.25 Å². The maximum atomic E-state index is 11.0. The second-order valence-corrected chi connectivity index (χ2v) is 8.11. The molecule has 0 saturated carbocycles. The van der Waals surface area contributed by atoms with Crippen LogP contribution in [0.15, 0.2) is 45.3 Å². The van der Waals surface area contributed by atoms with E-state index in [1.807, 2.05) is 25.1 Å². The van der Waals surface area contributed by atoms with E-state index in [1.54, 1.807) is 26.0 Å². The van der Waals surface area contributed by atoms with Crippen LogP contribution in [0.2, 0.25) is 0 Å². The normalized spacial score (nSPS) is 10.3. The van der Waals surface area contributed by atoms with Crippen molar-refractivity contribution in [1.82, 2.24) is 0 Å². The fourth-order valence-electron chi connectivity index (χ4n) is 2.03. The van der Waals surface area contributed by atoms with Crippen LogP contribution in [-0.4, -0.2) is 24.7 Å². The van der Waals surface area contributed by atoms with Crippen molar-refractivity contribution in [1.29, 1.82) is 0 Å². The summed E-state index contributed by atoms with van der Waals surface area (Å²) >= 11 is 6.78. The average Bonchev–Trinajstić information content (AvgIpc) is 2.65. The van der Waals surface area contributed by atoms with E-state index in [-0.39, 0.29) is 5.69 Å². The van der Waals surface area contributed by atoms with Gasteiger partial charge in [0.05, 0.1) is 22.6 Å². The highest BCUT2D eigenvalue weighted by Crippen LogP contribution is 2.35. The number of nitro benzene ring substituents is 1. The van der Waals surface area contributed by atoms with Crippen LogP contribution in [0.25, 0.3) is 0 Å². The van der Waals surface area contributed by atoms with Crippen LogP contribution in [0.1, 0.15) is 20.8 Å². The molecule has 0 spiro atoms. The zero-order valence-corrected chi connectivity index (χ0v) is 20.4. The van der Waals surface area contributed by atoms with Gasteiger partial charge in [-0.05, 0) is 61.0 Å². The predicted octanol–water partition coefficient (Wildman–Crippen LogP) is 6.79. The number of nitro groups is 1. The molecule has 0 bridgehead atoms. The first-order valence-corrected chi connectivity index (χ1v) is 11.6. The quantitative estimate of drug-likeness (QED) is 0.207. The Morgan fingerprint density at radius 2 is 1.72 bits per heavy atom. The van der Waals surface area contributed by atoms with E-state index in [4.69, 9.17) is 4.74 Å². The van der Waals surface area contributed by atoms with Crippen LogP contribution < -0.4 is 10.1 Å². The number of nitrogens with zero attached hydrogens (tertiary/aromatic N) is 1. The molecule has 0 saturated heterocycles. The Hall–Kier alpha value is -1.45. The highest BCUT2D eigenvalue weighted by molar-refractivity contribution is 9.11. The third kappa shape index (κ3) is 9.27. The minimum Gasteiger partial charge on any atom is -0.456 e. The van der Waals surface area contributed by atoms with Gasteiger partial charge in [0.2, 0.25) is 0 Å². The molecule has 0 unspecified atom stereocenters. The molecule has 0 fully saturated rings. The lowest BCUT2D eigenvalue weighted by molar-refractivity contribution is -0.384. The van der Waals surface area contributed by atoms with Gasteiger partial charge in [0.1, 0.15) is 17.2 Å². The van der Waals surface area contributed by atoms with Crippen molar-refractivity contribution in [2.75, 3.05) is 25.1 Å². The van der Waals surface area contributed by atoms with Crippen LogP contribution >= 0.6 is 40.1 Å². The molecule has 2 aromatic rings. The maximum Gasteiger partial charge on any atom is 0.319 e. The lowest BCUT2D eigenvalue weighted by atomic mass is 10.2. The van der Waals surface area contributed by atoms with Crippen LogP contribution in [-0.2, 0) is 13.6 Å². The standard InChI is InChI=1S/C14H12Br2N2O3.C4H11O3P/c1-2-17-12-8-10(4-5-13(12)18(19)20)21-14-6-3-9(15)7-11(14)16;1-3-6-8(5)7-4-2/h3-8,17H,2H2,1H3;8H,3-4H2,1-2H3. The summed E-state index contributed by atoms with van der Waals surface area (Å²) in [5, 5.41) is 13.9. The van der Waals surface area contributed by atoms with Crippen LogP contribution in [0, 0.1) is 10.1 Å². The maximum absolute atomic E-state index is 11.0. The molecular formula is C18H23Br2N2O6P. The molecular weight excluding hydrogens is 531 g/mol. The van der Waals surface area contributed by atoms with E-state index in [9.17, 15) is 14.7 Å². The van der Waals surface area contributed by atoms with Crippen LogP contribution in [0.4, 0.5) is 11.4 Å². The van der Waals surface area contributed by atoms with E-state index in [2.05, 4.69) is 46.2 Å². The molecule has 0 aliphatic carbocycles. The highest BCUT2D eigenvalue weighted by atomic mass is 79.9. The average molecular weight is 554 g/mol. The SMILES string of the molecule is CCNc1cc(Oc2ccc(Br)cc2Br)ccc1[N+](=O)[O-].CCO[PH](=O)OCC. The Morgan fingerprint density at radius 3 is 2.24 bits per heavy atom. The smallest absolute Gasteiger partial charge is 0.319 e. The molecule has 0 amide bonds. The predicted molar refractivity (Wildman–Crippen MR) is 121 cm³/mol. The Labute approximate surface area is 187 Å². The van der Waals surface area contributed by atoms with Crippen LogP contribution in [0.3, 0.4) is 0 Å². The Balaban J connectivity index is 0.000000447. The van der Waals surface area contributed by atoms with Gasteiger partial charge in [-0.15, -0.1) is 0 Å². The van der Waals surface area contributed by atoms with Crippen molar-refractivity contribution < 1.29 is 23.3 Å². The second-order valence-electron chi connectivity index (χ2n) is 5.26. The van der Waals surface area contributed by atoms with Gasteiger partial charge < -0.3 is 19.1 Å². The molecule has 0 aliphatic rings. The van der Waals surface area contributed by atoms with Gasteiger partial charge in [0.25, 0.3) is 5.69 Å². The first-order valence-electron chi connectivity index (χ1n) is 8.77. The molecule has 1 N–H and O–H groups in total. The van der Waals surface area contributed by atoms with E-state index in [0.717, 1.165) is 8.95 Å². The van der Waals surface area contributed by atoms with Gasteiger partial charge in [-0.3, -0.25) is 14.7 Å². The number of halogens is 2. The Bertz CT molecular complexity index is 830. The molecule has 8 nitrogen and oxygen atoms in total. The fourth-order valence-corrected chi connectivity index (χ4v) is 3.71. The summed E-state index contributed by atoms with van der Waals surface area (Å²) in [7, 11) is -2.14. The lowest BCUT2D eigenvalue weighted by Crippen LogP contribution is -2.01. The first-order chi connectivity index (χ1) is 13.8. The molecule has 2 rings (SSSR count). The van der Waals surface area contributed by atoms with Gasteiger partial charge in [-0.2, -0.15) is 0 Å². The minimum atomic E-state index is -2.14.